The van der Waals surface area contributed by atoms with E-state index in [1.165, 1.54) is 25.6 Å². The van der Waals surface area contributed by atoms with Crippen LogP contribution in [0.5, 0.6) is 0 Å². The van der Waals surface area contributed by atoms with E-state index in [9.17, 15) is 4.79 Å². The predicted molar refractivity (Wildman–Crippen MR) is 109 cm³/mol. The molecule has 2 aromatic heterocycles. The van der Waals surface area contributed by atoms with Crippen molar-refractivity contribution in [1.82, 2.24) is 29.5 Å². The average Bonchev–Trinajstić information content (AvgIpc) is 3.25. The maximum absolute atomic E-state index is 12.6. The highest BCUT2D eigenvalue weighted by molar-refractivity contribution is 5.89. The molecule has 4 rings (SSSR count). The number of hydrogen-bond donors (Lipinski definition) is 1. The largest absolute Gasteiger partial charge is 0.383 e. The van der Waals surface area contributed by atoms with E-state index in [0.717, 1.165) is 42.7 Å². The Hall–Kier alpha value is -2.48. The van der Waals surface area contributed by atoms with E-state index in [0.29, 0.717) is 18.4 Å². The van der Waals surface area contributed by atoms with E-state index < -0.39 is 0 Å². The number of hydrogen-bond acceptors (Lipinski definition) is 6. The molecule has 1 aliphatic heterocycles. The number of nitrogens with zero attached hydrogens (tertiary/aromatic N) is 6. The molecule has 1 saturated carbocycles. The molecule has 2 aromatic rings. The molecule has 1 amide bonds. The molecule has 150 valence electrons. The number of aryl methyl sites for hydroxylation is 1. The van der Waals surface area contributed by atoms with Crippen LogP contribution in [0.25, 0.3) is 11.0 Å². The van der Waals surface area contributed by atoms with Gasteiger partial charge >= 0.3 is 0 Å². The fraction of sp³-hybridized carbons (Fsp3) is 0.600. The number of nitrogens with two attached hydrogens (primary N) is 1. The fourth-order valence-electron chi connectivity index (χ4n) is 4.11. The third-order valence-electron chi connectivity index (χ3n) is 6.10. The highest BCUT2D eigenvalue weighted by Gasteiger charge is 2.29. The van der Waals surface area contributed by atoms with E-state index in [1.807, 2.05) is 15.7 Å². The highest BCUT2D eigenvalue weighted by Crippen LogP contribution is 2.29. The van der Waals surface area contributed by atoms with Crippen molar-refractivity contribution in [1.29, 1.82) is 0 Å². The smallest absolute Gasteiger partial charge is 0.246 e. The van der Waals surface area contributed by atoms with Gasteiger partial charge in [-0.05, 0) is 32.7 Å². The van der Waals surface area contributed by atoms with Crippen LogP contribution in [0.1, 0.15) is 44.3 Å². The Bertz CT molecular complexity index is 886. The summed E-state index contributed by atoms with van der Waals surface area (Å²) in [6, 6.07) is 0.804. The van der Waals surface area contributed by atoms with Crippen molar-refractivity contribution in [3.8, 4) is 0 Å². The second-order valence-electron chi connectivity index (χ2n) is 7.86. The lowest BCUT2D eigenvalue weighted by molar-refractivity contribution is -0.125. The molecule has 2 N–H and O–H groups in total. The lowest BCUT2D eigenvalue weighted by Gasteiger charge is -2.33. The predicted octanol–water partition coefficient (Wildman–Crippen LogP) is 1.78. The van der Waals surface area contributed by atoms with Crippen LogP contribution in [0.4, 0.5) is 5.82 Å². The number of carbonyl (C=O) groups excluding carboxylic acids is 1. The van der Waals surface area contributed by atoms with Gasteiger partial charge in [-0.15, -0.1) is 0 Å². The highest BCUT2D eigenvalue weighted by atomic mass is 16.2. The van der Waals surface area contributed by atoms with Gasteiger partial charge in [-0.25, -0.2) is 14.6 Å². The molecule has 0 bridgehead atoms. The van der Waals surface area contributed by atoms with Crippen LogP contribution in [0, 0.1) is 0 Å². The van der Waals surface area contributed by atoms with Crippen LogP contribution in [-0.4, -0.2) is 68.2 Å². The topological polar surface area (TPSA) is 93.2 Å². The van der Waals surface area contributed by atoms with Gasteiger partial charge in [0, 0.05) is 31.8 Å². The summed E-state index contributed by atoms with van der Waals surface area (Å²) in [5.74, 6) is 0.545. The number of anilines is 1. The molecule has 8 nitrogen and oxygen atoms in total. The van der Waals surface area contributed by atoms with E-state index >= 15 is 0 Å². The van der Waals surface area contributed by atoms with Crippen molar-refractivity contribution in [3.05, 3.63) is 24.2 Å². The normalized spacial score (nSPS) is 20.5. The maximum Gasteiger partial charge on any atom is 0.246 e. The number of rotatable bonds is 6. The SMILES string of the molecule is CCc1nn(C2CCN(C(=O)C=CCN(C)C3CCC3)C2)c2ncnc(N)c12. The van der Waals surface area contributed by atoms with Crippen LogP contribution >= 0.6 is 0 Å². The quantitative estimate of drug-likeness (QED) is 0.765. The first kappa shape index (κ1) is 18.9. The number of amides is 1. The summed E-state index contributed by atoms with van der Waals surface area (Å²) >= 11 is 0. The molecule has 2 fully saturated rings. The van der Waals surface area contributed by atoms with Gasteiger partial charge in [0.15, 0.2) is 5.65 Å². The van der Waals surface area contributed by atoms with Crippen molar-refractivity contribution in [2.24, 2.45) is 0 Å². The fourth-order valence-corrected chi connectivity index (χ4v) is 4.11. The summed E-state index contributed by atoms with van der Waals surface area (Å²) in [4.78, 5) is 25.3. The molecular weight excluding hydrogens is 354 g/mol. The number of likely N-dealkylation sites (N-methyl/N-ethyl adjacent to an activating group) is 1. The van der Waals surface area contributed by atoms with Crippen molar-refractivity contribution in [2.75, 3.05) is 32.4 Å². The first-order valence-corrected chi connectivity index (χ1v) is 10.2. The van der Waals surface area contributed by atoms with Gasteiger partial charge in [0.1, 0.15) is 12.1 Å². The molecule has 0 aromatic carbocycles. The van der Waals surface area contributed by atoms with Crippen molar-refractivity contribution < 1.29 is 4.79 Å². The van der Waals surface area contributed by atoms with Gasteiger partial charge in [0.25, 0.3) is 0 Å². The van der Waals surface area contributed by atoms with Crippen LogP contribution in [0.15, 0.2) is 18.5 Å². The van der Waals surface area contributed by atoms with Crippen LogP contribution < -0.4 is 5.73 Å². The summed E-state index contributed by atoms with van der Waals surface area (Å²) in [6.45, 7) is 4.25. The number of fused-ring (bicyclic) bond motifs is 1. The summed E-state index contributed by atoms with van der Waals surface area (Å²) in [6.07, 6.45) is 10.7. The van der Waals surface area contributed by atoms with Crippen molar-refractivity contribution in [2.45, 2.75) is 51.1 Å². The minimum absolute atomic E-state index is 0.0748. The second-order valence-corrected chi connectivity index (χ2v) is 7.86. The molecule has 1 unspecified atom stereocenters. The van der Waals surface area contributed by atoms with Gasteiger partial charge in [-0.3, -0.25) is 9.69 Å². The minimum atomic E-state index is 0.0748. The summed E-state index contributed by atoms with van der Waals surface area (Å²) < 4.78 is 1.94. The molecule has 0 spiro atoms. The number of carbonyl (C=O) groups is 1. The molecule has 8 heteroatoms. The third kappa shape index (κ3) is 3.48. The van der Waals surface area contributed by atoms with E-state index in [4.69, 9.17) is 10.8 Å². The zero-order chi connectivity index (χ0) is 19.7. The van der Waals surface area contributed by atoms with Gasteiger partial charge in [0.2, 0.25) is 5.91 Å². The summed E-state index contributed by atoms with van der Waals surface area (Å²) in [7, 11) is 2.13. The Balaban J connectivity index is 1.42. The Morgan fingerprint density at radius 3 is 2.89 bits per heavy atom. The van der Waals surface area contributed by atoms with Gasteiger partial charge in [-0.1, -0.05) is 19.4 Å². The lowest BCUT2D eigenvalue weighted by Crippen LogP contribution is -2.37. The number of likely N-dealkylation sites (tertiary alicyclic amines) is 1. The Morgan fingerprint density at radius 1 is 1.36 bits per heavy atom. The van der Waals surface area contributed by atoms with Gasteiger partial charge in [-0.2, -0.15) is 5.10 Å². The average molecular weight is 384 g/mol. The first-order valence-electron chi connectivity index (χ1n) is 10.2. The van der Waals surface area contributed by atoms with Crippen LogP contribution in [0.3, 0.4) is 0 Å². The van der Waals surface area contributed by atoms with Crippen LogP contribution in [0.2, 0.25) is 0 Å². The molecule has 28 heavy (non-hydrogen) atoms. The third-order valence-corrected chi connectivity index (χ3v) is 6.10. The number of aromatic nitrogens is 4. The standard InChI is InChI=1S/C20H29N7O/c1-3-16-18-19(21)22-13-23-20(18)27(24-16)15-9-11-26(12-15)17(28)8-5-10-25(2)14-6-4-7-14/h5,8,13-15H,3-4,6-7,9-12H2,1-2H3,(H2,21,22,23). The second kappa shape index (κ2) is 7.87. The Kier molecular flexibility index (Phi) is 5.30. The summed E-state index contributed by atoms with van der Waals surface area (Å²) in [5.41, 5.74) is 7.73. The van der Waals surface area contributed by atoms with Crippen molar-refractivity contribution in [3.63, 3.8) is 0 Å². The molecule has 1 aliphatic carbocycles. The van der Waals surface area contributed by atoms with E-state index in [1.54, 1.807) is 6.08 Å². The molecule has 1 atom stereocenters. The molecule has 2 aliphatic rings. The Morgan fingerprint density at radius 2 is 2.18 bits per heavy atom. The zero-order valence-electron chi connectivity index (χ0n) is 16.7. The zero-order valence-corrected chi connectivity index (χ0v) is 16.7. The first-order chi connectivity index (χ1) is 13.6. The summed E-state index contributed by atoms with van der Waals surface area (Å²) in [5, 5.41) is 5.58. The molecule has 0 radical (unpaired) electrons. The number of nitrogen functional groups attached to an aromatic ring is 1. The molecular formula is C20H29N7O. The molecule has 1 saturated heterocycles. The van der Waals surface area contributed by atoms with Crippen molar-refractivity contribution >= 4 is 22.8 Å². The van der Waals surface area contributed by atoms with Gasteiger partial charge < -0.3 is 10.6 Å². The van der Waals surface area contributed by atoms with E-state index in [-0.39, 0.29) is 11.9 Å². The minimum Gasteiger partial charge on any atom is -0.383 e. The van der Waals surface area contributed by atoms with E-state index in [2.05, 4.69) is 28.8 Å². The lowest BCUT2D eigenvalue weighted by atomic mass is 9.92. The maximum atomic E-state index is 12.6. The molecule has 3 heterocycles. The monoisotopic (exact) mass is 383 g/mol. The Labute approximate surface area is 165 Å². The van der Waals surface area contributed by atoms with Gasteiger partial charge in [0.05, 0.1) is 17.1 Å². The van der Waals surface area contributed by atoms with Crippen LogP contribution in [-0.2, 0) is 11.2 Å².